The van der Waals surface area contributed by atoms with Crippen LogP contribution in [0.5, 0.6) is 5.75 Å². The number of carbonyl (C=O) groups is 1. The normalized spacial score (nSPS) is 14.8. The number of amides is 1. The van der Waals surface area contributed by atoms with Crippen molar-refractivity contribution >= 4 is 35.6 Å². The number of nitrogens with one attached hydrogen (secondary N) is 1. The van der Waals surface area contributed by atoms with Gasteiger partial charge in [-0.2, -0.15) is 17.9 Å². The second-order valence-electron chi connectivity index (χ2n) is 8.49. The molecule has 2 heterocycles. The molecule has 2 aromatic carbocycles. The molecular weight excluding hydrogens is 538 g/mol. The monoisotopic (exact) mass is 561 g/mol. The minimum Gasteiger partial charge on any atom is -0.508 e. The summed E-state index contributed by atoms with van der Waals surface area (Å²) in [5.41, 5.74) is -0.218. The standard InChI is InChI=1S/C23H23ClF3N5O4.ClH/c1-30-6-8-31(9-7-30)13-20(34)28-18-11-19(33)15(10-17(18)24)12-32-22(35)36-21(29-32)14-2-4-16(5-3-14)23(25,26)27;/h2-5,10-11,33H,6-9,12-13H2,1H3,(H,28,34);1H. The number of benzene rings is 2. The number of carbonyl (C=O) groups excluding carboxylic acids is 1. The fourth-order valence-corrected chi connectivity index (χ4v) is 3.94. The first-order valence-corrected chi connectivity index (χ1v) is 11.3. The summed E-state index contributed by atoms with van der Waals surface area (Å²) in [5.74, 6) is -1.56. The predicted octanol–water partition coefficient (Wildman–Crippen LogP) is 3.54. The van der Waals surface area contributed by atoms with Crippen LogP contribution < -0.4 is 11.1 Å². The van der Waals surface area contributed by atoms with Crippen molar-refractivity contribution in [2.75, 3.05) is 45.1 Å². The summed E-state index contributed by atoms with van der Waals surface area (Å²) in [4.78, 5) is 28.9. The molecule has 1 aliphatic heterocycles. The van der Waals surface area contributed by atoms with E-state index in [0.29, 0.717) is 0 Å². The lowest BCUT2D eigenvalue weighted by Crippen LogP contribution is -2.47. The van der Waals surface area contributed by atoms with Crippen molar-refractivity contribution in [3.63, 3.8) is 0 Å². The van der Waals surface area contributed by atoms with Gasteiger partial charge in [0.15, 0.2) is 0 Å². The van der Waals surface area contributed by atoms with Crippen molar-refractivity contribution in [2.45, 2.75) is 12.7 Å². The number of phenols is 1. The first-order valence-electron chi connectivity index (χ1n) is 11.0. The molecule has 4 rings (SSSR count). The minimum atomic E-state index is -4.49. The first-order chi connectivity index (χ1) is 17.0. The van der Waals surface area contributed by atoms with Crippen LogP contribution in [0.2, 0.25) is 5.02 Å². The lowest BCUT2D eigenvalue weighted by Gasteiger charge is -2.31. The van der Waals surface area contributed by atoms with E-state index in [1.54, 1.807) is 0 Å². The van der Waals surface area contributed by atoms with E-state index in [-0.39, 0.29) is 64.9 Å². The van der Waals surface area contributed by atoms with Crippen LogP contribution in [0, 0.1) is 0 Å². The first kappa shape index (κ1) is 28.5. The number of rotatable bonds is 6. The lowest BCUT2D eigenvalue weighted by molar-refractivity contribution is -0.137. The molecule has 3 aromatic rings. The maximum absolute atomic E-state index is 12.8. The van der Waals surface area contributed by atoms with Gasteiger partial charge in [-0.3, -0.25) is 9.69 Å². The van der Waals surface area contributed by atoms with Crippen molar-refractivity contribution in [2.24, 2.45) is 0 Å². The lowest BCUT2D eigenvalue weighted by atomic mass is 10.1. The number of hydrogen-bond acceptors (Lipinski definition) is 7. The average molecular weight is 562 g/mol. The summed E-state index contributed by atoms with van der Waals surface area (Å²) < 4.78 is 44.3. The van der Waals surface area contributed by atoms with Gasteiger partial charge < -0.3 is 19.7 Å². The van der Waals surface area contributed by atoms with E-state index in [1.807, 2.05) is 11.9 Å². The largest absolute Gasteiger partial charge is 0.508 e. The van der Waals surface area contributed by atoms with Gasteiger partial charge >= 0.3 is 11.9 Å². The average Bonchev–Trinajstić information content (AvgIpc) is 3.18. The Labute approximate surface area is 220 Å². The van der Waals surface area contributed by atoms with Crippen molar-refractivity contribution in [1.82, 2.24) is 19.6 Å². The second-order valence-corrected chi connectivity index (χ2v) is 8.90. The molecule has 0 atom stereocenters. The number of anilines is 1. The van der Waals surface area contributed by atoms with Crippen molar-refractivity contribution < 1.29 is 27.5 Å². The highest BCUT2D eigenvalue weighted by atomic mass is 35.5. The molecule has 1 saturated heterocycles. The zero-order chi connectivity index (χ0) is 26.0. The molecule has 0 spiro atoms. The van der Waals surface area contributed by atoms with E-state index in [4.69, 9.17) is 16.0 Å². The molecule has 37 heavy (non-hydrogen) atoms. The fraction of sp³-hybridized carbons (Fsp3) is 0.348. The van der Waals surface area contributed by atoms with Crippen LogP contribution in [0.1, 0.15) is 11.1 Å². The zero-order valence-corrected chi connectivity index (χ0v) is 21.2. The van der Waals surface area contributed by atoms with Gasteiger partial charge in [0.1, 0.15) is 5.75 Å². The fourth-order valence-electron chi connectivity index (χ4n) is 3.71. The SMILES string of the molecule is CN1CCN(CC(=O)Nc2cc(O)c(Cn3nc(-c4ccc(C(F)(F)F)cc4)oc3=O)cc2Cl)CC1.Cl. The van der Waals surface area contributed by atoms with Crippen LogP contribution in [0.15, 0.2) is 45.6 Å². The number of likely N-dealkylation sites (N-methyl/N-ethyl adjacent to an activating group) is 1. The summed E-state index contributed by atoms with van der Waals surface area (Å²) in [7, 11) is 2.02. The molecule has 1 aliphatic rings. The minimum absolute atomic E-state index is 0. The molecule has 0 aliphatic carbocycles. The van der Waals surface area contributed by atoms with E-state index in [9.17, 15) is 27.9 Å². The van der Waals surface area contributed by atoms with Crippen LogP contribution in [0.25, 0.3) is 11.5 Å². The van der Waals surface area contributed by atoms with Crippen LogP contribution in [0.4, 0.5) is 18.9 Å². The number of halogens is 5. The van der Waals surface area contributed by atoms with Gasteiger partial charge in [-0.25, -0.2) is 4.79 Å². The topological polar surface area (TPSA) is 104 Å². The Hall–Kier alpha value is -3.06. The summed E-state index contributed by atoms with van der Waals surface area (Å²) in [5, 5.41) is 17.3. The molecule has 14 heteroatoms. The maximum atomic E-state index is 12.8. The van der Waals surface area contributed by atoms with Crippen LogP contribution in [-0.4, -0.2) is 70.4 Å². The smallest absolute Gasteiger partial charge is 0.437 e. The van der Waals surface area contributed by atoms with E-state index in [2.05, 4.69) is 15.3 Å². The number of hydrogen-bond donors (Lipinski definition) is 2. The van der Waals surface area contributed by atoms with Gasteiger partial charge in [0.2, 0.25) is 11.8 Å². The van der Waals surface area contributed by atoms with Gasteiger partial charge in [-0.15, -0.1) is 17.5 Å². The number of nitrogens with zero attached hydrogens (tertiary/aromatic N) is 4. The van der Waals surface area contributed by atoms with Crippen molar-refractivity contribution in [3.05, 3.63) is 63.1 Å². The molecule has 0 radical (unpaired) electrons. The van der Waals surface area contributed by atoms with E-state index < -0.39 is 17.5 Å². The number of alkyl halides is 3. The van der Waals surface area contributed by atoms with Gasteiger partial charge in [0.05, 0.1) is 29.4 Å². The number of aromatic nitrogens is 2. The number of aromatic hydroxyl groups is 1. The van der Waals surface area contributed by atoms with Crippen molar-refractivity contribution in [1.29, 1.82) is 0 Å². The Balaban J connectivity index is 0.00000380. The third-order valence-electron chi connectivity index (χ3n) is 5.79. The molecule has 1 aromatic heterocycles. The van der Waals surface area contributed by atoms with Gasteiger partial charge in [-0.1, -0.05) is 11.6 Å². The quantitative estimate of drug-likeness (QED) is 0.474. The third-order valence-corrected chi connectivity index (χ3v) is 6.10. The maximum Gasteiger partial charge on any atom is 0.437 e. The van der Waals surface area contributed by atoms with Gasteiger partial charge in [0.25, 0.3) is 0 Å². The molecule has 9 nitrogen and oxygen atoms in total. The third kappa shape index (κ3) is 7.04. The highest BCUT2D eigenvalue weighted by Gasteiger charge is 2.30. The molecular formula is C23H24Cl2F3N5O4. The van der Waals surface area contributed by atoms with E-state index in [1.165, 1.54) is 12.1 Å². The number of piperazine rings is 1. The Morgan fingerprint density at radius 1 is 1.16 bits per heavy atom. The van der Waals surface area contributed by atoms with Gasteiger partial charge in [-0.05, 0) is 37.4 Å². The Morgan fingerprint density at radius 2 is 1.81 bits per heavy atom. The molecule has 1 fully saturated rings. The second kappa shape index (κ2) is 11.5. The zero-order valence-electron chi connectivity index (χ0n) is 19.6. The Kier molecular flexibility index (Phi) is 8.90. The molecule has 200 valence electrons. The van der Waals surface area contributed by atoms with Gasteiger partial charge in [0, 0.05) is 43.4 Å². The summed E-state index contributed by atoms with van der Waals surface area (Å²) in [6, 6.07) is 6.68. The highest BCUT2D eigenvalue weighted by Crippen LogP contribution is 2.32. The van der Waals surface area contributed by atoms with E-state index >= 15 is 0 Å². The molecule has 0 bridgehead atoms. The molecule has 0 saturated carbocycles. The van der Waals surface area contributed by atoms with Crippen LogP contribution in [-0.2, 0) is 17.5 Å². The summed E-state index contributed by atoms with van der Waals surface area (Å²) in [6.07, 6.45) is -4.49. The molecule has 2 N–H and O–H groups in total. The molecule has 1 amide bonds. The molecule has 0 unspecified atom stereocenters. The van der Waals surface area contributed by atoms with Crippen LogP contribution in [0.3, 0.4) is 0 Å². The highest BCUT2D eigenvalue weighted by molar-refractivity contribution is 6.33. The predicted molar refractivity (Wildman–Crippen MR) is 133 cm³/mol. The Bertz CT molecular complexity index is 1300. The van der Waals surface area contributed by atoms with E-state index in [0.717, 1.165) is 55.1 Å². The van der Waals surface area contributed by atoms with Crippen LogP contribution >= 0.6 is 24.0 Å². The summed E-state index contributed by atoms with van der Waals surface area (Å²) >= 11 is 6.30. The van der Waals surface area contributed by atoms with Crippen molar-refractivity contribution in [3.8, 4) is 17.2 Å². The summed E-state index contributed by atoms with van der Waals surface area (Å²) in [6.45, 7) is 3.24. The number of phenolic OH excluding ortho intramolecular Hbond substituents is 1. The Morgan fingerprint density at radius 3 is 2.43 bits per heavy atom.